The Morgan fingerprint density at radius 1 is 1.33 bits per heavy atom. The zero-order valence-corrected chi connectivity index (χ0v) is 14.3. The summed E-state index contributed by atoms with van der Waals surface area (Å²) in [7, 11) is 0. The van der Waals surface area contributed by atoms with Gasteiger partial charge in [-0.25, -0.2) is 0 Å². The molecular formula is C18H28ClNO. The molecule has 2 rings (SSSR count). The summed E-state index contributed by atoms with van der Waals surface area (Å²) in [6.07, 6.45) is 6.44. The Balaban J connectivity index is 1.71. The minimum absolute atomic E-state index is 0.241. The number of hydrogen-bond donors (Lipinski definition) is 1. The van der Waals surface area contributed by atoms with Crippen LogP contribution in [0, 0.1) is 5.41 Å². The summed E-state index contributed by atoms with van der Waals surface area (Å²) < 4.78 is 5.95. The molecule has 3 heteroatoms. The van der Waals surface area contributed by atoms with Crippen LogP contribution < -0.4 is 10.1 Å². The van der Waals surface area contributed by atoms with Crippen LogP contribution >= 0.6 is 11.6 Å². The van der Waals surface area contributed by atoms with E-state index in [9.17, 15) is 0 Å². The van der Waals surface area contributed by atoms with Gasteiger partial charge in [-0.2, -0.15) is 0 Å². The normalized spacial score (nSPS) is 17.6. The van der Waals surface area contributed by atoms with Gasteiger partial charge in [0.25, 0.3) is 0 Å². The highest BCUT2D eigenvalue weighted by atomic mass is 35.5. The van der Waals surface area contributed by atoms with Crippen molar-refractivity contribution in [3.63, 3.8) is 0 Å². The highest BCUT2D eigenvalue weighted by molar-refractivity contribution is 6.30. The molecule has 1 atom stereocenters. The van der Waals surface area contributed by atoms with Gasteiger partial charge in [0.05, 0.1) is 0 Å². The lowest BCUT2D eigenvalue weighted by Gasteiger charge is -2.26. The number of rotatable bonds is 8. The topological polar surface area (TPSA) is 21.3 Å². The quantitative estimate of drug-likeness (QED) is 0.694. The molecule has 0 saturated heterocycles. The summed E-state index contributed by atoms with van der Waals surface area (Å²) in [6, 6.07) is 5.89. The number of ether oxygens (including phenoxy) is 1. The van der Waals surface area contributed by atoms with Gasteiger partial charge in [-0.3, -0.25) is 0 Å². The molecule has 0 amide bonds. The molecule has 1 aliphatic rings. The molecule has 0 aliphatic carbocycles. The Morgan fingerprint density at radius 3 is 2.90 bits per heavy atom. The molecule has 1 heterocycles. The van der Waals surface area contributed by atoms with Gasteiger partial charge in [0.2, 0.25) is 0 Å². The maximum atomic E-state index is 6.02. The number of benzene rings is 1. The van der Waals surface area contributed by atoms with Crippen molar-refractivity contribution in [1.82, 2.24) is 5.32 Å². The number of unbranched alkanes of at least 4 members (excludes halogenated alkanes) is 2. The van der Waals surface area contributed by atoms with Crippen LogP contribution in [0.4, 0.5) is 0 Å². The van der Waals surface area contributed by atoms with Crippen LogP contribution in [0.15, 0.2) is 18.2 Å². The van der Waals surface area contributed by atoms with E-state index < -0.39 is 0 Å². The Kier molecular flexibility index (Phi) is 5.95. The maximum absolute atomic E-state index is 6.02. The minimum Gasteiger partial charge on any atom is -0.488 e. The third kappa shape index (κ3) is 5.19. The molecule has 2 nitrogen and oxygen atoms in total. The maximum Gasteiger partial charge on any atom is 0.123 e. The summed E-state index contributed by atoms with van der Waals surface area (Å²) in [5, 5.41) is 4.38. The van der Waals surface area contributed by atoms with Gasteiger partial charge < -0.3 is 10.1 Å². The average molecular weight is 310 g/mol. The summed E-state index contributed by atoms with van der Waals surface area (Å²) in [4.78, 5) is 0. The van der Waals surface area contributed by atoms with Crippen LogP contribution in [0.1, 0.15) is 52.0 Å². The van der Waals surface area contributed by atoms with Crippen molar-refractivity contribution in [3.8, 4) is 5.75 Å². The first-order chi connectivity index (χ1) is 10.00. The van der Waals surface area contributed by atoms with Crippen molar-refractivity contribution in [2.45, 2.75) is 59.0 Å². The molecule has 0 spiro atoms. The van der Waals surface area contributed by atoms with Crippen LogP contribution in [-0.2, 0) is 6.42 Å². The van der Waals surface area contributed by atoms with Gasteiger partial charge in [0.1, 0.15) is 11.9 Å². The van der Waals surface area contributed by atoms with Crippen molar-refractivity contribution in [2.75, 3.05) is 13.1 Å². The lowest BCUT2D eigenvalue weighted by atomic mass is 9.87. The summed E-state index contributed by atoms with van der Waals surface area (Å²) in [5.41, 5.74) is 1.60. The first kappa shape index (κ1) is 16.6. The second kappa shape index (κ2) is 7.51. The zero-order chi connectivity index (χ0) is 15.3. The molecule has 1 N–H and O–H groups in total. The Hall–Kier alpha value is -0.730. The lowest BCUT2D eigenvalue weighted by molar-refractivity contribution is 0.213. The van der Waals surface area contributed by atoms with E-state index in [-0.39, 0.29) is 6.10 Å². The van der Waals surface area contributed by atoms with Crippen LogP contribution in [0.25, 0.3) is 0 Å². The van der Waals surface area contributed by atoms with E-state index in [1.165, 1.54) is 31.2 Å². The molecular weight excluding hydrogens is 282 g/mol. The van der Waals surface area contributed by atoms with E-state index in [1.807, 2.05) is 18.2 Å². The average Bonchev–Trinajstić information content (AvgIpc) is 2.80. The van der Waals surface area contributed by atoms with E-state index in [1.54, 1.807) is 0 Å². The molecule has 1 aromatic carbocycles. The van der Waals surface area contributed by atoms with Crippen LogP contribution in [0.3, 0.4) is 0 Å². The molecule has 0 aromatic heterocycles. The summed E-state index contributed by atoms with van der Waals surface area (Å²) in [5.74, 6) is 0.994. The number of fused-ring (bicyclic) bond motifs is 1. The minimum atomic E-state index is 0.241. The SMILES string of the molecule is CCCCCC(C)(C)CNCC1Cc2cc(Cl)ccc2O1. The smallest absolute Gasteiger partial charge is 0.123 e. The first-order valence-electron chi connectivity index (χ1n) is 8.16. The number of hydrogen-bond acceptors (Lipinski definition) is 2. The molecule has 0 radical (unpaired) electrons. The van der Waals surface area contributed by atoms with E-state index in [2.05, 4.69) is 26.1 Å². The molecule has 0 fully saturated rings. The standard InChI is InChI=1S/C18H28ClNO/c1-4-5-6-9-18(2,3)13-20-12-16-11-14-10-15(19)7-8-17(14)21-16/h7-8,10,16,20H,4-6,9,11-13H2,1-3H3. The van der Waals surface area contributed by atoms with Crippen molar-refractivity contribution in [3.05, 3.63) is 28.8 Å². The van der Waals surface area contributed by atoms with E-state index in [0.29, 0.717) is 5.41 Å². The fourth-order valence-corrected chi connectivity index (χ4v) is 3.11. The van der Waals surface area contributed by atoms with Gasteiger partial charge in [0.15, 0.2) is 0 Å². The van der Waals surface area contributed by atoms with Gasteiger partial charge in [-0.15, -0.1) is 0 Å². The number of nitrogens with one attached hydrogen (secondary N) is 1. The first-order valence-corrected chi connectivity index (χ1v) is 8.54. The number of halogens is 1. The second-order valence-electron chi connectivity index (χ2n) is 6.95. The predicted octanol–water partition coefficient (Wildman–Crippen LogP) is 4.84. The zero-order valence-electron chi connectivity index (χ0n) is 13.5. The van der Waals surface area contributed by atoms with Gasteiger partial charge >= 0.3 is 0 Å². The van der Waals surface area contributed by atoms with Crippen LogP contribution in [-0.4, -0.2) is 19.2 Å². The fraction of sp³-hybridized carbons (Fsp3) is 0.667. The molecule has 118 valence electrons. The van der Waals surface area contributed by atoms with E-state index in [4.69, 9.17) is 16.3 Å². The van der Waals surface area contributed by atoms with Gasteiger partial charge in [-0.05, 0) is 35.6 Å². The Labute approximate surface area is 134 Å². The largest absolute Gasteiger partial charge is 0.488 e. The molecule has 0 saturated carbocycles. The van der Waals surface area contributed by atoms with Crippen molar-refractivity contribution in [1.29, 1.82) is 0 Å². The molecule has 1 aliphatic heterocycles. The molecule has 21 heavy (non-hydrogen) atoms. The highest BCUT2D eigenvalue weighted by Crippen LogP contribution is 2.31. The summed E-state index contributed by atoms with van der Waals surface area (Å²) in [6.45, 7) is 8.91. The van der Waals surface area contributed by atoms with Crippen LogP contribution in [0.2, 0.25) is 5.02 Å². The van der Waals surface area contributed by atoms with Crippen LogP contribution in [0.5, 0.6) is 5.75 Å². The van der Waals surface area contributed by atoms with Crippen molar-refractivity contribution < 1.29 is 4.74 Å². The Morgan fingerprint density at radius 2 is 2.14 bits per heavy atom. The van der Waals surface area contributed by atoms with Gasteiger partial charge in [0, 0.05) is 24.5 Å². The third-order valence-corrected chi connectivity index (χ3v) is 4.43. The highest BCUT2D eigenvalue weighted by Gasteiger charge is 2.24. The monoisotopic (exact) mass is 309 g/mol. The molecule has 1 unspecified atom stereocenters. The predicted molar refractivity (Wildman–Crippen MR) is 90.4 cm³/mol. The van der Waals surface area contributed by atoms with Crippen molar-refractivity contribution in [2.24, 2.45) is 5.41 Å². The van der Waals surface area contributed by atoms with E-state index >= 15 is 0 Å². The van der Waals surface area contributed by atoms with E-state index in [0.717, 1.165) is 30.3 Å². The third-order valence-electron chi connectivity index (χ3n) is 4.20. The molecule has 0 bridgehead atoms. The molecule has 1 aromatic rings. The van der Waals surface area contributed by atoms with Gasteiger partial charge in [-0.1, -0.05) is 51.6 Å². The summed E-state index contributed by atoms with van der Waals surface area (Å²) >= 11 is 6.02. The lowest BCUT2D eigenvalue weighted by Crippen LogP contribution is -2.36. The fourth-order valence-electron chi connectivity index (χ4n) is 2.92. The Bertz CT molecular complexity index is 459. The van der Waals surface area contributed by atoms with Crippen molar-refractivity contribution >= 4 is 11.6 Å². The second-order valence-corrected chi connectivity index (χ2v) is 7.38.